The summed E-state index contributed by atoms with van der Waals surface area (Å²) in [4.78, 5) is 12.3. The minimum Gasteiger partial charge on any atom is -0.354 e. The first-order valence-corrected chi connectivity index (χ1v) is 8.76. The number of carbonyl (C=O) groups excluding carboxylic acids is 1. The highest BCUT2D eigenvalue weighted by Crippen LogP contribution is 2.43. The van der Waals surface area contributed by atoms with Gasteiger partial charge in [-0.25, -0.2) is 0 Å². The van der Waals surface area contributed by atoms with Crippen molar-refractivity contribution < 1.29 is 4.79 Å². The van der Waals surface area contributed by atoms with Gasteiger partial charge in [0.15, 0.2) is 0 Å². The Labute approximate surface area is 147 Å². The third kappa shape index (κ3) is 3.84. The van der Waals surface area contributed by atoms with Gasteiger partial charge >= 0.3 is 0 Å². The minimum atomic E-state index is 0. The van der Waals surface area contributed by atoms with Crippen molar-refractivity contribution in [1.82, 2.24) is 10.6 Å². The first kappa shape index (κ1) is 17.8. The molecule has 1 heterocycles. The summed E-state index contributed by atoms with van der Waals surface area (Å²) in [6, 6.07) is 8.59. The molecule has 2 aliphatic rings. The average Bonchev–Trinajstić information content (AvgIpc) is 2.48. The van der Waals surface area contributed by atoms with Crippen LogP contribution in [0.2, 0.25) is 0 Å². The first-order valence-electron chi connectivity index (χ1n) is 7.97. The fraction of sp³-hybridized carbons (Fsp3) is 0.588. The fourth-order valence-corrected chi connectivity index (χ4v) is 3.69. The minimum absolute atomic E-state index is 0. The van der Waals surface area contributed by atoms with Crippen LogP contribution in [0.3, 0.4) is 0 Å². The molecule has 1 amide bonds. The third-order valence-corrected chi connectivity index (χ3v) is 5.52. The molecule has 1 aliphatic heterocycles. The van der Waals surface area contributed by atoms with Gasteiger partial charge < -0.3 is 10.6 Å². The molecule has 0 aromatic heterocycles. The van der Waals surface area contributed by atoms with Gasteiger partial charge in [-0.05, 0) is 49.9 Å². The fourth-order valence-electron chi connectivity index (χ4n) is 3.43. The van der Waals surface area contributed by atoms with Crippen molar-refractivity contribution in [3.8, 4) is 0 Å². The van der Waals surface area contributed by atoms with Crippen molar-refractivity contribution >= 4 is 34.2 Å². The van der Waals surface area contributed by atoms with E-state index in [9.17, 15) is 4.79 Å². The normalized spacial score (nSPS) is 23.0. The van der Waals surface area contributed by atoms with Crippen molar-refractivity contribution in [3.05, 3.63) is 34.3 Å². The third-order valence-electron chi connectivity index (χ3n) is 5.00. The second kappa shape index (κ2) is 7.80. The van der Waals surface area contributed by atoms with Crippen LogP contribution in [-0.2, 0) is 10.2 Å². The Kier molecular flexibility index (Phi) is 6.30. The Morgan fingerprint density at radius 1 is 1.23 bits per heavy atom. The maximum atomic E-state index is 12.3. The monoisotopic (exact) mass is 386 g/mol. The summed E-state index contributed by atoms with van der Waals surface area (Å²) in [5, 5.41) is 6.52. The molecule has 3 nitrogen and oxygen atoms in total. The number of benzene rings is 1. The number of nitrogens with one attached hydrogen (secondary N) is 2. The molecule has 2 N–H and O–H groups in total. The highest BCUT2D eigenvalue weighted by atomic mass is 79.9. The predicted octanol–water partition coefficient (Wildman–Crippen LogP) is 3.55. The quantitative estimate of drug-likeness (QED) is 0.829. The van der Waals surface area contributed by atoms with Crippen LogP contribution in [0.1, 0.15) is 44.1 Å². The Balaban J connectivity index is 0.00000176. The van der Waals surface area contributed by atoms with Crippen LogP contribution in [0.25, 0.3) is 0 Å². The van der Waals surface area contributed by atoms with E-state index in [4.69, 9.17) is 0 Å². The second-order valence-electron chi connectivity index (χ2n) is 6.36. The van der Waals surface area contributed by atoms with E-state index in [1.165, 1.54) is 31.2 Å². The van der Waals surface area contributed by atoms with Crippen molar-refractivity contribution in [2.45, 2.75) is 50.0 Å². The molecule has 1 saturated heterocycles. The van der Waals surface area contributed by atoms with E-state index in [-0.39, 0.29) is 29.8 Å². The molecule has 1 atom stereocenters. The molecule has 0 bridgehead atoms. The summed E-state index contributed by atoms with van der Waals surface area (Å²) in [6.07, 6.45) is 6.92. The molecule has 1 unspecified atom stereocenters. The second-order valence-corrected chi connectivity index (χ2v) is 7.28. The molecule has 1 aliphatic carbocycles. The molecule has 1 aromatic rings. The predicted molar refractivity (Wildman–Crippen MR) is 95.6 cm³/mol. The largest absolute Gasteiger partial charge is 0.354 e. The number of hydrogen-bond donors (Lipinski definition) is 2. The van der Waals surface area contributed by atoms with E-state index >= 15 is 0 Å². The molecule has 0 radical (unpaired) electrons. The van der Waals surface area contributed by atoms with Crippen LogP contribution in [0.15, 0.2) is 28.7 Å². The smallest absolute Gasteiger partial charge is 0.237 e. The number of hydrogen-bond acceptors (Lipinski definition) is 2. The molecule has 3 rings (SSSR count). The topological polar surface area (TPSA) is 41.1 Å². The zero-order valence-corrected chi connectivity index (χ0v) is 15.1. The van der Waals surface area contributed by atoms with E-state index in [0.29, 0.717) is 0 Å². The summed E-state index contributed by atoms with van der Waals surface area (Å²) in [5.41, 5.74) is 1.51. The number of carbonyl (C=O) groups is 1. The van der Waals surface area contributed by atoms with Crippen molar-refractivity contribution in [1.29, 1.82) is 0 Å². The van der Waals surface area contributed by atoms with E-state index in [1.54, 1.807) is 0 Å². The number of halogens is 2. The van der Waals surface area contributed by atoms with Crippen LogP contribution in [0, 0.1) is 0 Å². The summed E-state index contributed by atoms with van der Waals surface area (Å²) < 4.78 is 1.11. The van der Waals surface area contributed by atoms with E-state index in [0.717, 1.165) is 30.4 Å². The summed E-state index contributed by atoms with van der Waals surface area (Å²) in [6.45, 7) is 1.74. The van der Waals surface area contributed by atoms with E-state index < -0.39 is 0 Å². The highest BCUT2D eigenvalue weighted by molar-refractivity contribution is 9.10. The number of rotatable bonds is 4. The van der Waals surface area contributed by atoms with Gasteiger partial charge in [0, 0.05) is 16.4 Å². The van der Waals surface area contributed by atoms with Gasteiger partial charge in [-0.2, -0.15) is 0 Å². The van der Waals surface area contributed by atoms with Crippen LogP contribution in [0.5, 0.6) is 0 Å². The van der Waals surface area contributed by atoms with Crippen molar-refractivity contribution in [2.24, 2.45) is 0 Å². The molecule has 0 spiro atoms. The van der Waals surface area contributed by atoms with Crippen LogP contribution >= 0.6 is 28.3 Å². The lowest BCUT2D eigenvalue weighted by atomic mass is 9.64. The lowest BCUT2D eigenvalue weighted by molar-refractivity contribution is -0.124. The first-order chi connectivity index (χ1) is 10.2. The van der Waals surface area contributed by atoms with Crippen LogP contribution in [-0.4, -0.2) is 25.0 Å². The van der Waals surface area contributed by atoms with Gasteiger partial charge in [-0.3, -0.25) is 4.79 Å². The summed E-state index contributed by atoms with van der Waals surface area (Å²) >= 11 is 3.49. The molecule has 122 valence electrons. The number of amides is 1. The molecule has 22 heavy (non-hydrogen) atoms. The van der Waals surface area contributed by atoms with Gasteiger partial charge in [0.25, 0.3) is 0 Å². The molecule has 1 aromatic carbocycles. The maximum Gasteiger partial charge on any atom is 0.237 e. The van der Waals surface area contributed by atoms with Gasteiger partial charge in [0.05, 0.1) is 6.04 Å². The summed E-state index contributed by atoms with van der Waals surface area (Å²) in [5.74, 6) is 0.179. The lowest BCUT2D eigenvalue weighted by Crippen LogP contribution is -2.51. The van der Waals surface area contributed by atoms with Crippen LogP contribution < -0.4 is 10.6 Å². The highest BCUT2D eigenvalue weighted by Gasteiger charge is 2.39. The van der Waals surface area contributed by atoms with Gasteiger partial charge in [0.1, 0.15) is 0 Å². The van der Waals surface area contributed by atoms with Gasteiger partial charge in [0.2, 0.25) is 5.91 Å². The van der Waals surface area contributed by atoms with Gasteiger partial charge in [-0.1, -0.05) is 40.9 Å². The Bertz CT molecular complexity index is 496. The van der Waals surface area contributed by atoms with Crippen LogP contribution in [0.4, 0.5) is 0 Å². The SMILES string of the molecule is Cl.O=C(NCC1(c2ccc(Br)cc2)CCC1)C1CCCCN1. The van der Waals surface area contributed by atoms with Gasteiger partial charge in [-0.15, -0.1) is 12.4 Å². The number of piperidine rings is 1. The molecule has 1 saturated carbocycles. The van der Waals surface area contributed by atoms with E-state index in [2.05, 4.69) is 50.8 Å². The lowest BCUT2D eigenvalue weighted by Gasteiger charge is -2.43. The standard InChI is InChI=1S/C17H23BrN2O.ClH/c18-14-7-5-13(6-8-14)17(9-3-10-17)12-20-16(21)15-4-1-2-11-19-15;/h5-8,15,19H,1-4,9-12H2,(H,20,21);1H. The maximum absolute atomic E-state index is 12.3. The molecule has 2 fully saturated rings. The van der Waals surface area contributed by atoms with Crippen molar-refractivity contribution in [3.63, 3.8) is 0 Å². The molecular formula is C17H24BrClN2O. The Morgan fingerprint density at radius 3 is 2.50 bits per heavy atom. The summed E-state index contributed by atoms with van der Waals surface area (Å²) in [7, 11) is 0. The van der Waals surface area contributed by atoms with E-state index in [1.807, 2.05) is 0 Å². The molecule has 5 heteroatoms. The zero-order valence-electron chi connectivity index (χ0n) is 12.7. The van der Waals surface area contributed by atoms with Crippen molar-refractivity contribution in [2.75, 3.05) is 13.1 Å². The average molecular weight is 388 g/mol. The zero-order chi connectivity index (χ0) is 14.7. The molecular weight excluding hydrogens is 364 g/mol. The Morgan fingerprint density at radius 2 is 1.95 bits per heavy atom. The Hall–Kier alpha value is -0.580.